The Bertz CT molecular complexity index is 745. The molecular weight excluding hydrogens is 462 g/mol. The minimum Gasteiger partial charge on any atom is -0.480 e. The molecule has 13 heteroatoms. The Morgan fingerprint density at radius 1 is 1.15 bits per heavy atom. The summed E-state index contributed by atoms with van der Waals surface area (Å²) in [5.41, 5.74) is 16.6. The zero-order chi connectivity index (χ0) is 25.8. The number of guanidine groups is 1. The number of thioether (sulfide) groups is 1. The van der Waals surface area contributed by atoms with E-state index in [4.69, 9.17) is 17.2 Å². The summed E-state index contributed by atoms with van der Waals surface area (Å²) < 4.78 is 0. The minimum absolute atomic E-state index is 0.0757. The van der Waals surface area contributed by atoms with Crippen molar-refractivity contribution in [2.24, 2.45) is 28.1 Å². The molecular formula is C21H39N7O5S. The van der Waals surface area contributed by atoms with Crippen molar-refractivity contribution < 1.29 is 24.3 Å². The smallest absolute Gasteiger partial charge is 0.326 e. The van der Waals surface area contributed by atoms with E-state index < -0.39 is 47.9 Å². The number of hydrogen-bond acceptors (Lipinski definition) is 7. The predicted octanol–water partition coefficient (Wildman–Crippen LogP) is -1.18. The Labute approximate surface area is 204 Å². The molecule has 0 aromatic heterocycles. The summed E-state index contributed by atoms with van der Waals surface area (Å²) in [6, 6.07) is -3.57. The van der Waals surface area contributed by atoms with Crippen LogP contribution < -0.4 is 27.8 Å². The maximum Gasteiger partial charge on any atom is 0.326 e. The monoisotopic (exact) mass is 501 g/mol. The van der Waals surface area contributed by atoms with Gasteiger partial charge in [-0.2, -0.15) is 11.8 Å². The fourth-order valence-corrected chi connectivity index (χ4v) is 4.15. The Hall–Kier alpha value is -2.54. The van der Waals surface area contributed by atoms with Crippen LogP contribution in [0.3, 0.4) is 0 Å². The molecule has 0 spiro atoms. The van der Waals surface area contributed by atoms with E-state index in [1.807, 2.05) is 6.26 Å². The second-order valence-corrected chi connectivity index (χ2v) is 9.64. The first-order valence-corrected chi connectivity index (χ1v) is 12.8. The normalized spacial score (nSPS) is 18.1. The number of nitrogens with zero attached hydrogens (tertiary/aromatic N) is 2. The molecule has 0 aromatic rings. The maximum absolute atomic E-state index is 13.1. The summed E-state index contributed by atoms with van der Waals surface area (Å²) in [6.07, 6.45) is 3.95. The van der Waals surface area contributed by atoms with Crippen LogP contribution in [0.4, 0.5) is 0 Å². The lowest BCUT2D eigenvalue weighted by atomic mass is 10.0. The largest absolute Gasteiger partial charge is 0.480 e. The Kier molecular flexibility index (Phi) is 12.7. The molecule has 1 fully saturated rings. The molecule has 194 valence electrons. The summed E-state index contributed by atoms with van der Waals surface area (Å²) in [7, 11) is 0. The molecule has 12 nitrogen and oxygen atoms in total. The molecule has 0 aromatic carbocycles. The van der Waals surface area contributed by atoms with Crippen molar-refractivity contribution in [3.05, 3.63) is 0 Å². The molecule has 0 saturated carbocycles. The SMILES string of the molecule is CSCCC(N)C(=O)NC(CCCN=C(N)N)C(=O)NC(C(=O)N1CCCC1C(=O)O)C(C)C. The van der Waals surface area contributed by atoms with Crippen LogP contribution in [0.15, 0.2) is 4.99 Å². The van der Waals surface area contributed by atoms with E-state index in [-0.39, 0.29) is 24.8 Å². The number of rotatable bonds is 14. The van der Waals surface area contributed by atoms with Crippen LogP contribution in [0, 0.1) is 5.92 Å². The number of carbonyl (C=O) groups is 4. The van der Waals surface area contributed by atoms with Gasteiger partial charge in [0.2, 0.25) is 17.7 Å². The Morgan fingerprint density at radius 3 is 2.38 bits per heavy atom. The fraction of sp³-hybridized carbons (Fsp3) is 0.762. The molecule has 0 radical (unpaired) electrons. The number of aliphatic imine (C=N–C) groups is 1. The first-order chi connectivity index (χ1) is 16.0. The second kappa shape index (κ2) is 14.7. The number of aliphatic carboxylic acids is 1. The van der Waals surface area contributed by atoms with Gasteiger partial charge in [0.05, 0.1) is 6.04 Å². The van der Waals surface area contributed by atoms with Crippen LogP contribution in [0.1, 0.15) is 46.0 Å². The van der Waals surface area contributed by atoms with Gasteiger partial charge in [-0.15, -0.1) is 0 Å². The van der Waals surface area contributed by atoms with E-state index in [0.29, 0.717) is 38.0 Å². The molecule has 4 atom stereocenters. The van der Waals surface area contributed by atoms with E-state index >= 15 is 0 Å². The number of carboxylic acids is 1. The van der Waals surface area contributed by atoms with Gasteiger partial charge in [0.15, 0.2) is 5.96 Å². The first kappa shape index (κ1) is 29.5. The van der Waals surface area contributed by atoms with Gasteiger partial charge in [0.1, 0.15) is 18.1 Å². The zero-order valence-corrected chi connectivity index (χ0v) is 21.0. The minimum atomic E-state index is -1.07. The molecule has 0 bridgehead atoms. The summed E-state index contributed by atoms with van der Waals surface area (Å²) in [5.74, 6) is -2.21. The first-order valence-electron chi connectivity index (χ1n) is 11.4. The molecule has 34 heavy (non-hydrogen) atoms. The van der Waals surface area contributed by atoms with Crippen molar-refractivity contribution in [2.75, 3.05) is 25.1 Å². The summed E-state index contributed by atoms with van der Waals surface area (Å²) in [5, 5.41) is 14.8. The molecule has 0 aliphatic carbocycles. The fourth-order valence-electron chi connectivity index (χ4n) is 3.66. The highest BCUT2D eigenvalue weighted by Crippen LogP contribution is 2.20. The number of likely N-dealkylation sites (tertiary alicyclic amines) is 1. The molecule has 1 rings (SSSR count). The van der Waals surface area contributed by atoms with Crippen molar-refractivity contribution in [1.82, 2.24) is 15.5 Å². The third-order valence-electron chi connectivity index (χ3n) is 5.60. The number of nitrogens with one attached hydrogen (secondary N) is 2. The lowest BCUT2D eigenvalue weighted by Crippen LogP contribution is -2.58. The molecule has 1 saturated heterocycles. The number of hydrogen-bond donors (Lipinski definition) is 6. The van der Waals surface area contributed by atoms with Crippen LogP contribution in [-0.2, 0) is 19.2 Å². The van der Waals surface area contributed by atoms with Gasteiger partial charge in [0, 0.05) is 13.1 Å². The van der Waals surface area contributed by atoms with E-state index in [1.165, 1.54) is 4.90 Å². The highest BCUT2D eigenvalue weighted by molar-refractivity contribution is 7.98. The van der Waals surface area contributed by atoms with E-state index in [9.17, 15) is 24.3 Å². The molecule has 1 aliphatic heterocycles. The summed E-state index contributed by atoms with van der Waals surface area (Å²) in [6.45, 7) is 4.11. The number of amides is 3. The van der Waals surface area contributed by atoms with Crippen molar-refractivity contribution in [3.8, 4) is 0 Å². The second-order valence-electron chi connectivity index (χ2n) is 8.66. The van der Waals surface area contributed by atoms with E-state index in [2.05, 4.69) is 15.6 Å². The van der Waals surface area contributed by atoms with Crippen molar-refractivity contribution >= 4 is 41.4 Å². The van der Waals surface area contributed by atoms with E-state index in [1.54, 1.807) is 25.6 Å². The average Bonchev–Trinajstić information content (AvgIpc) is 3.27. The number of carboxylic acid groups (broad SMARTS) is 1. The van der Waals surface area contributed by atoms with Gasteiger partial charge in [-0.05, 0) is 50.0 Å². The van der Waals surface area contributed by atoms with Crippen molar-refractivity contribution in [2.45, 2.75) is 70.1 Å². The summed E-state index contributed by atoms with van der Waals surface area (Å²) >= 11 is 1.56. The lowest BCUT2D eigenvalue weighted by Gasteiger charge is -2.30. The van der Waals surface area contributed by atoms with Crippen LogP contribution >= 0.6 is 11.8 Å². The third kappa shape index (κ3) is 9.37. The Morgan fingerprint density at radius 2 is 1.82 bits per heavy atom. The van der Waals surface area contributed by atoms with Crippen LogP contribution in [-0.4, -0.2) is 88.9 Å². The number of carbonyl (C=O) groups excluding carboxylic acids is 3. The summed E-state index contributed by atoms with van der Waals surface area (Å²) in [4.78, 5) is 55.6. The molecule has 1 aliphatic rings. The van der Waals surface area contributed by atoms with Gasteiger partial charge < -0.3 is 37.8 Å². The molecule has 3 amide bonds. The van der Waals surface area contributed by atoms with E-state index in [0.717, 1.165) is 0 Å². The quantitative estimate of drug-likeness (QED) is 0.0960. The lowest BCUT2D eigenvalue weighted by molar-refractivity contribution is -0.150. The van der Waals surface area contributed by atoms with Gasteiger partial charge in [-0.25, -0.2) is 4.79 Å². The molecule has 9 N–H and O–H groups in total. The van der Waals surface area contributed by atoms with Crippen LogP contribution in [0.5, 0.6) is 0 Å². The van der Waals surface area contributed by atoms with Crippen molar-refractivity contribution in [3.63, 3.8) is 0 Å². The van der Waals surface area contributed by atoms with Crippen molar-refractivity contribution in [1.29, 1.82) is 0 Å². The zero-order valence-electron chi connectivity index (χ0n) is 20.2. The molecule has 4 unspecified atom stereocenters. The van der Waals surface area contributed by atoms with Crippen LogP contribution in [0.2, 0.25) is 0 Å². The van der Waals surface area contributed by atoms with Gasteiger partial charge >= 0.3 is 5.97 Å². The number of nitrogens with two attached hydrogens (primary N) is 3. The standard InChI is InChI=1S/C21H39N7O5S/c1-12(2)16(19(31)28-10-5-7-15(28)20(32)33)27-18(30)14(6-4-9-25-21(23)24)26-17(29)13(22)8-11-34-3/h12-16H,4-11,22H2,1-3H3,(H,26,29)(H,27,30)(H,32,33)(H4,23,24,25). The topological polar surface area (TPSA) is 206 Å². The Balaban J connectivity index is 2.96. The van der Waals surface area contributed by atoms with Gasteiger partial charge in [-0.3, -0.25) is 19.4 Å². The average molecular weight is 502 g/mol. The highest BCUT2D eigenvalue weighted by atomic mass is 32.2. The van der Waals surface area contributed by atoms with Gasteiger partial charge in [-0.1, -0.05) is 13.8 Å². The van der Waals surface area contributed by atoms with Gasteiger partial charge in [0.25, 0.3) is 0 Å². The molecule has 1 heterocycles. The highest BCUT2D eigenvalue weighted by Gasteiger charge is 2.39. The predicted molar refractivity (Wildman–Crippen MR) is 132 cm³/mol. The third-order valence-corrected chi connectivity index (χ3v) is 6.24. The maximum atomic E-state index is 13.1. The van der Waals surface area contributed by atoms with Crippen LogP contribution in [0.25, 0.3) is 0 Å².